The van der Waals surface area contributed by atoms with E-state index in [-0.39, 0.29) is 18.3 Å². The third kappa shape index (κ3) is 3.58. The fourth-order valence-corrected chi connectivity index (χ4v) is 5.96. The van der Waals surface area contributed by atoms with Gasteiger partial charge in [0, 0.05) is 19.5 Å². The molecule has 0 bridgehead atoms. The lowest BCUT2D eigenvalue weighted by Gasteiger charge is -2.42. The Kier molecular flexibility index (Phi) is 5.14. The van der Waals surface area contributed by atoms with E-state index in [1.54, 1.807) is 12.1 Å². The number of hydrogen-bond donors (Lipinski definition) is 1. The average Bonchev–Trinajstić information content (AvgIpc) is 3.42. The van der Waals surface area contributed by atoms with Crippen LogP contribution in [-0.2, 0) is 20.5 Å². The minimum Gasteiger partial charge on any atom is -0.383 e. The zero-order valence-corrected chi connectivity index (χ0v) is 17.9. The van der Waals surface area contributed by atoms with Crippen LogP contribution in [0.25, 0.3) is 0 Å². The molecule has 0 aromatic heterocycles. The summed E-state index contributed by atoms with van der Waals surface area (Å²) in [5.74, 6) is -0.0649. The number of likely N-dealkylation sites (tertiary alicyclic amines) is 1. The molecular formula is C26H30FNO3. The third-order valence-corrected chi connectivity index (χ3v) is 7.77. The van der Waals surface area contributed by atoms with Crippen molar-refractivity contribution in [2.75, 3.05) is 19.7 Å². The van der Waals surface area contributed by atoms with Gasteiger partial charge in [0.1, 0.15) is 11.4 Å². The van der Waals surface area contributed by atoms with Crippen LogP contribution in [0, 0.1) is 5.82 Å². The molecule has 5 heteroatoms. The van der Waals surface area contributed by atoms with Gasteiger partial charge in [0.2, 0.25) is 5.91 Å². The van der Waals surface area contributed by atoms with Crippen LogP contribution in [0.15, 0.2) is 54.6 Å². The molecule has 1 N–H and O–H groups in total. The SMILES string of the molecule is O=C(N1CCC2(CC1)C[C@@](O)(c1ccc(F)cc1)CO2)C1(c2ccccc2)CCCC1. The highest BCUT2D eigenvalue weighted by atomic mass is 19.1. The first-order valence-electron chi connectivity index (χ1n) is 11.4. The smallest absolute Gasteiger partial charge is 0.233 e. The summed E-state index contributed by atoms with van der Waals surface area (Å²) in [5.41, 5.74) is -0.0812. The number of ether oxygens (including phenoxy) is 1. The van der Waals surface area contributed by atoms with E-state index in [1.807, 2.05) is 23.1 Å². The zero-order chi connectivity index (χ0) is 21.5. The number of amides is 1. The second kappa shape index (κ2) is 7.72. The van der Waals surface area contributed by atoms with Gasteiger partial charge in [-0.05, 0) is 48.9 Å². The normalized spacial score (nSPS) is 27.0. The van der Waals surface area contributed by atoms with Gasteiger partial charge in [-0.1, -0.05) is 55.3 Å². The molecule has 2 aliphatic heterocycles. The first-order chi connectivity index (χ1) is 14.9. The van der Waals surface area contributed by atoms with Gasteiger partial charge in [-0.3, -0.25) is 4.79 Å². The summed E-state index contributed by atoms with van der Waals surface area (Å²) in [6.07, 6.45) is 5.92. The number of nitrogens with zero attached hydrogens (tertiary/aromatic N) is 1. The summed E-state index contributed by atoms with van der Waals surface area (Å²) in [4.78, 5) is 15.7. The van der Waals surface area contributed by atoms with E-state index in [0.717, 1.165) is 31.2 Å². The van der Waals surface area contributed by atoms with Crippen molar-refractivity contribution in [3.05, 3.63) is 71.5 Å². The Balaban J connectivity index is 1.29. The van der Waals surface area contributed by atoms with Crippen molar-refractivity contribution in [1.29, 1.82) is 0 Å². The van der Waals surface area contributed by atoms with Crippen molar-refractivity contribution in [3.8, 4) is 0 Å². The van der Waals surface area contributed by atoms with Gasteiger partial charge in [0.15, 0.2) is 0 Å². The van der Waals surface area contributed by atoms with Crippen LogP contribution in [0.2, 0.25) is 0 Å². The molecule has 2 aromatic rings. The molecule has 164 valence electrons. The van der Waals surface area contributed by atoms with Gasteiger partial charge in [-0.25, -0.2) is 4.39 Å². The van der Waals surface area contributed by atoms with Crippen molar-refractivity contribution in [1.82, 2.24) is 4.90 Å². The molecule has 3 fully saturated rings. The van der Waals surface area contributed by atoms with E-state index >= 15 is 0 Å². The standard InChI is InChI=1S/C26H30FNO3/c27-22-10-8-21(9-11-22)26(30)18-24(31-19-26)14-16-28(17-15-24)23(29)25(12-4-5-13-25)20-6-2-1-3-7-20/h1-3,6-11,30H,4-5,12-19H2/t26-/m0/s1. The lowest BCUT2D eigenvalue weighted by Crippen LogP contribution is -2.52. The Morgan fingerprint density at radius 3 is 2.19 bits per heavy atom. The lowest BCUT2D eigenvalue weighted by molar-refractivity contribution is -0.142. The minimum atomic E-state index is -1.10. The van der Waals surface area contributed by atoms with Gasteiger partial charge in [-0.15, -0.1) is 0 Å². The fraction of sp³-hybridized carbons (Fsp3) is 0.500. The molecule has 31 heavy (non-hydrogen) atoms. The molecule has 1 atom stereocenters. The maximum Gasteiger partial charge on any atom is 0.233 e. The number of halogens is 1. The van der Waals surface area contributed by atoms with Crippen molar-refractivity contribution in [3.63, 3.8) is 0 Å². The zero-order valence-electron chi connectivity index (χ0n) is 17.9. The second-order valence-electron chi connectivity index (χ2n) is 9.63. The summed E-state index contributed by atoms with van der Waals surface area (Å²) in [6, 6.07) is 16.3. The van der Waals surface area contributed by atoms with Gasteiger partial charge >= 0.3 is 0 Å². The first-order valence-corrected chi connectivity index (χ1v) is 11.4. The van der Waals surface area contributed by atoms with Crippen molar-refractivity contribution in [2.45, 2.75) is 61.6 Å². The van der Waals surface area contributed by atoms with Gasteiger partial charge in [0.25, 0.3) is 0 Å². The Hall–Kier alpha value is -2.24. The van der Waals surface area contributed by atoms with Crippen LogP contribution in [0.5, 0.6) is 0 Å². The Bertz CT molecular complexity index is 931. The van der Waals surface area contributed by atoms with E-state index in [4.69, 9.17) is 4.74 Å². The van der Waals surface area contributed by atoms with Crippen molar-refractivity contribution < 1.29 is 19.0 Å². The summed E-state index contributed by atoms with van der Waals surface area (Å²) in [6.45, 7) is 1.50. The van der Waals surface area contributed by atoms with E-state index in [9.17, 15) is 14.3 Å². The summed E-state index contributed by atoms with van der Waals surface area (Å²) in [7, 11) is 0. The molecule has 2 saturated heterocycles. The molecule has 1 saturated carbocycles. The maximum atomic E-state index is 13.7. The monoisotopic (exact) mass is 423 g/mol. The van der Waals surface area contributed by atoms with Gasteiger partial charge < -0.3 is 14.7 Å². The molecule has 0 radical (unpaired) electrons. The van der Waals surface area contributed by atoms with Crippen LogP contribution in [0.4, 0.5) is 4.39 Å². The predicted molar refractivity (Wildman–Crippen MR) is 116 cm³/mol. The number of piperidine rings is 1. The number of hydrogen-bond acceptors (Lipinski definition) is 3. The number of aliphatic hydroxyl groups is 1. The topological polar surface area (TPSA) is 49.8 Å². The van der Waals surface area contributed by atoms with E-state index in [1.165, 1.54) is 12.1 Å². The van der Waals surface area contributed by atoms with E-state index in [2.05, 4.69) is 12.1 Å². The second-order valence-corrected chi connectivity index (χ2v) is 9.63. The van der Waals surface area contributed by atoms with Crippen LogP contribution >= 0.6 is 0 Å². The molecule has 1 aliphatic carbocycles. The molecule has 5 rings (SSSR count). The third-order valence-electron chi connectivity index (χ3n) is 7.77. The summed E-state index contributed by atoms with van der Waals surface area (Å²) in [5, 5.41) is 11.2. The molecule has 2 heterocycles. The highest BCUT2D eigenvalue weighted by Gasteiger charge is 2.52. The molecule has 0 unspecified atom stereocenters. The number of rotatable bonds is 3. The number of benzene rings is 2. The minimum absolute atomic E-state index is 0.209. The van der Waals surface area contributed by atoms with Crippen LogP contribution in [0.3, 0.4) is 0 Å². The van der Waals surface area contributed by atoms with E-state index < -0.39 is 16.6 Å². The lowest BCUT2D eigenvalue weighted by atomic mass is 9.76. The van der Waals surface area contributed by atoms with Crippen molar-refractivity contribution >= 4 is 5.91 Å². The maximum absolute atomic E-state index is 13.7. The van der Waals surface area contributed by atoms with Gasteiger partial charge in [0.05, 0.1) is 17.6 Å². The number of carbonyl (C=O) groups excluding carboxylic acids is 1. The molecule has 3 aliphatic rings. The fourth-order valence-electron chi connectivity index (χ4n) is 5.96. The highest BCUT2D eigenvalue weighted by molar-refractivity contribution is 5.88. The number of carbonyl (C=O) groups is 1. The summed E-state index contributed by atoms with van der Waals surface area (Å²) < 4.78 is 19.5. The average molecular weight is 424 g/mol. The Morgan fingerprint density at radius 2 is 1.55 bits per heavy atom. The predicted octanol–water partition coefficient (Wildman–Crippen LogP) is 4.31. The van der Waals surface area contributed by atoms with Crippen LogP contribution in [-0.4, -0.2) is 41.2 Å². The van der Waals surface area contributed by atoms with Crippen LogP contribution in [0.1, 0.15) is 56.1 Å². The molecular weight excluding hydrogens is 393 g/mol. The molecule has 1 amide bonds. The summed E-state index contributed by atoms with van der Waals surface area (Å²) >= 11 is 0. The Labute approximate surface area is 183 Å². The molecule has 2 aromatic carbocycles. The largest absolute Gasteiger partial charge is 0.383 e. The van der Waals surface area contributed by atoms with Crippen LogP contribution < -0.4 is 0 Å². The Morgan fingerprint density at radius 1 is 0.903 bits per heavy atom. The highest BCUT2D eigenvalue weighted by Crippen LogP contribution is 2.47. The first kappa shape index (κ1) is 20.7. The molecule has 1 spiro atoms. The quantitative estimate of drug-likeness (QED) is 0.801. The van der Waals surface area contributed by atoms with Gasteiger partial charge in [-0.2, -0.15) is 0 Å². The molecule has 4 nitrogen and oxygen atoms in total. The van der Waals surface area contributed by atoms with E-state index in [0.29, 0.717) is 37.9 Å². The van der Waals surface area contributed by atoms with Crippen molar-refractivity contribution in [2.24, 2.45) is 0 Å².